The topological polar surface area (TPSA) is 128 Å². The highest BCUT2D eigenvalue weighted by atomic mass is 16.6. The summed E-state index contributed by atoms with van der Waals surface area (Å²) < 4.78 is 29.0. The van der Waals surface area contributed by atoms with Crippen LogP contribution in [-0.4, -0.2) is 35.6 Å². The van der Waals surface area contributed by atoms with Crippen LogP contribution in [0.2, 0.25) is 0 Å². The number of aromatic hydroxyl groups is 3. The van der Waals surface area contributed by atoms with Crippen molar-refractivity contribution < 1.29 is 38.7 Å². The van der Waals surface area contributed by atoms with E-state index in [0.717, 1.165) is 6.07 Å². The van der Waals surface area contributed by atoms with Crippen LogP contribution in [0.25, 0.3) is 21.9 Å². The Morgan fingerprint density at radius 1 is 0.971 bits per heavy atom. The normalized spacial score (nSPS) is 17.1. The molecule has 1 aliphatic heterocycles. The lowest BCUT2D eigenvalue weighted by atomic mass is 9.99. The third-order valence-electron chi connectivity index (χ3n) is 5.92. The molecule has 0 unspecified atom stereocenters. The number of hydrogen-bond donors (Lipinski definition) is 3. The van der Waals surface area contributed by atoms with Crippen molar-refractivity contribution in [2.75, 3.05) is 14.2 Å². The first-order chi connectivity index (χ1) is 16.4. The summed E-state index contributed by atoms with van der Waals surface area (Å²) in [7, 11) is 2.88. The Labute approximate surface area is 193 Å². The molecule has 9 nitrogen and oxygen atoms in total. The van der Waals surface area contributed by atoms with Gasteiger partial charge in [0.25, 0.3) is 0 Å². The fraction of sp³-hybridized carbons (Fsp3) is 0.240. The van der Waals surface area contributed by atoms with E-state index in [1.807, 2.05) is 6.92 Å². The van der Waals surface area contributed by atoms with Crippen LogP contribution in [0.1, 0.15) is 25.0 Å². The van der Waals surface area contributed by atoms with Crippen molar-refractivity contribution in [2.45, 2.75) is 25.6 Å². The van der Waals surface area contributed by atoms with Crippen LogP contribution in [0.15, 0.2) is 45.6 Å². The fourth-order valence-electron chi connectivity index (χ4n) is 4.25. The molecule has 0 spiro atoms. The molecule has 0 saturated heterocycles. The summed E-state index contributed by atoms with van der Waals surface area (Å²) in [5.74, 6) is 0.326. The molecule has 0 aliphatic carbocycles. The van der Waals surface area contributed by atoms with Crippen LogP contribution in [0, 0.1) is 0 Å². The lowest BCUT2D eigenvalue weighted by molar-refractivity contribution is 0.0180. The number of rotatable bonds is 4. The lowest BCUT2D eigenvalue weighted by Gasteiger charge is -2.34. The average Bonchev–Trinajstić information content (AvgIpc) is 2.82. The van der Waals surface area contributed by atoms with Gasteiger partial charge in [0.05, 0.1) is 19.6 Å². The molecule has 9 heteroatoms. The lowest BCUT2D eigenvalue weighted by Crippen LogP contribution is -2.33. The van der Waals surface area contributed by atoms with Gasteiger partial charge in [0, 0.05) is 17.7 Å². The van der Waals surface area contributed by atoms with Crippen LogP contribution in [0.3, 0.4) is 0 Å². The van der Waals surface area contributed by atoms with Crippen molar-refractivity contribution >= 4 is 21.9 Å². The van der Waals surface area contributed by atoms with E-state index < -0.39 is 17.6 Å². The molecule has 3 N–H and O–H groups in total. The third kappa shape index (κ3) is 3.20. The van der Waals surface area contributed by atoms with Crippen LogP contribution in [0.5, 0.6) is 40.2 Å². The molecule has 0 radical (unpaired) electrons. The first-order valence-corrected chi connectivity index (χ1v) is 10.6. The highest BCUT2D eigenvalue weighted by Crippen LogP contribution is 2.47. The van der Waals surface area contributed by atoms with Crippen molar-refractivity contribution in [1.29, 1.82) is 0 Å². The highest BCUT2D eigenvalue weighted by Gasteiger charge is 2.35. The summed E-state index contributed by atoms with van der Waals surface area (Å²) in [6.07, 6.45) is -0.500. The van der Waals surface area contributed by atoms with Gasteiger partial charge in [-0.3, -0.25) is 4.79 Å². The molecule has 2 heterocycles. The molecule has 1 aliphatic rings. The monoisotopic (exact) mass is 466 g/mol. The maximum Gasteiger partial charge on any atom is 0.205 e. The Balaban J connectivity index is 1.68. The fourth-order valence-corrected chi connectivity index (χ4v) is 4.25. The minimum atomic E-state index is -0.571. The van der Waals surface area contributed by atoms with Gasteiger partial charge in [-0.15, -0.1) is 0 Å². The molecular weight excluding hydrogens is 444 g/mol. The molecule has 4 aromatic rings. The van der Waals surface area contributed by atoms with E-state index in [-0.39, 0.29) is 56.4 Å². The molecule has 2 atom stereocenters. The number of phenols is 3. The quantitative estimate of drug-likeness (QED) is 0.376. The minimum absolute atomic E-state index is 0.0233. The van der Waals surface area contributed by atoms with E-state index in [1.54, 1.807) is 18.2 Å². The second-order valence-electron chi connectivity index (χ2n) is 7.92. The highest BCUT2D eigenvalue weighted by molar-refractivity contribution is 5.96. The van der Waals surface area contributed by atoms with E-state index in [2.05, 4.69) is 0 Å². The standard InChI is InChI=1S/C25H22O9/c1-4-15-23(11-7-18(30-2)22(29)19(8-11)31-3)33-16-6-5-13-21(28)20-14(27)9-12(26)10-17(20)34-24(13)25(16)32-15/h5-10,15,23,26-27,29H,4H2,1-3H3/t15-,23-/m1/s1. The second kappa shape index (κ2) is 7.95. The number of phenolic OH excluding ortho intramolecular Hbond substituents is 3. The van der Waals surface area contributed by atoms with E-state index in [9.17, 15) is 20.1 Å². The van der Waals surface area contributed by atoms with E-state index in [1.165, 1.54) is 26.4 Å². The Morgan fingerprint density at radius 3 is 2.32 bits per heavy atom. The Morgan fingerprint density at radius 2 is 1.68 bits per heavy atom. The molecule has 176 valence electrons. The molecule has 0 amide bonds. The predicted molar refractivity (Wildman–Crippen MR) is 123 cm³/mol. The third-order valence-corrected chi connectivity index (χ3v) is 5.92. The van der Waals surface area contributed by atoms with Gasteiger partial charge in [-0.05, 0) is 30.7 Å². The van der Waals surface area contributed by atoms with Gasteiger partial charge in [0.1, 0.15) is 28.6 Å². The summed E-state index contributed by atoms with van der Waals surface area (Å²) in [5.41, 5.74) is 0.384. The van der Waals surface area contributed by atoms with Gasteiger partial charge in [-0.1, -0.05) is 6.92 Å². The summed E-state index contributed by atoms with van der Waals surface area (Å²) in [6, 6.07) is 8.79. The molecule has 0 fully saturated rings. The zero-order valence-corrected chi connectivity index (χ0v) is 18.6. The zero-order valence-electron chi connectivity index (χ0n) is 18.6. The summed E-state index contributed by atoms with van der Waals surface area (Å²) in [6.45, 7) is 1.92. The molecule has 1 aromatic heterocycles. The van der Waals surface area contributed by atoms with Crippen LogP contribution in [0.4, 0.5) is 0 Å². The van der Waals surface area contributed by atoms with Crippen LogP contribution < -0.4 is 24.4 Å². The summed E-state index contributed by atoms with van der Waals surface area (Å²) in [4.78, 5) is 13.1. The molecule has 3 aromatic carbocycles. The number of hydrogen-bond acceptors (Lipinski definition) is 9. The second-order valence-corrected chi connectivity index (χ2v) is 7.92. The van der Waals surface area contributed by atoms with Gasteiger partial charge < -0.3 is 38.7 Å². The van der Waals surface area contributed by atoms with Gasteiger partial charge in [-0.25, -0.2) is 0 Å². The summed E-state index contributed by atoms with van der Waals surface area (Å²) >= 11 is 0. The van der Waals surface area contributed by atoms with Crippen molar-refractivity contribution in [2.24, 2.45) is 0 Å². The largest absolute Gasteiger partial charge is 0.508 e. The molecule has 34 heavy (non-hydrogen) atoms. The van der Waals surface area contributed by atoms with Gasteiger partial charge in [0.2, 0.25) is 16.9 Å². The molecule has 0 bridgehead atoms. The predicted octanol–water partition coefficient (Wildman–Crippen LogP) is 4.37. The van der Waals surface area contributed by atoms with E-state index in [0.29, 0.717) is 17.7 Å². The van der Waals surface area contributed by atoms with E-state index >= 15 is 0 Å². The van der Waals surface area contributed by atoms with E-state index in [4.69, 9.17) is 23.4 Å². The van der Waals surface area contributed by atoms with Crippen LogP contribution in [-0.2, 0) is 0 Å². The number of benzene rings is 3. The SMILES string of the molecule is CC[C@H]1Oc2c(ccc3c(=O)c4c(O)cc(O)cc4oc23)O[C@@H]1c1cc(OC)c(O)c(OC)c1. The van der Waals surface area contributed by atoms with Gasteiger partial charge in [0.15, 0.2) is 28.9 Å². The average molecular weight is 466 g/mol. The minimum Gasteiger partial charge on any atom is -0.508 e. The maximum atomic E-state index is 13.1. The van der Waals surface area contributed by atoms with Gasteiger partial charge >= 0.3 is 0 Å². The molecular formula is C25H22O9. The van der Waals surface area contributed by atoms with Crippen molar-refractivity contribution in [3.8, 4) is 40.2 Å². The van der Waals surface area contributed by atoms with Crippen molar-refractivity contribution in [1.82, 2.24) is 0 Å². The zero-order chi connectivity index (χ0) is 24.1. The van der Waals surface area contributed by atoms with Crippen molar-refractivity contribution in [3.05, 3.63) is 52.2 Å². The van der Waals surface area contributed by atoms with Gasteiger partial charge in [-0.2, -0.15) is 0 Å². The Kier molecular flexibility index (Phi) is 5.04. The smallest absolute Gasteiger partial charge is 0.205 e. The number of fused-ring (bicyclic) bond motifs is 4. The first kappa shape index (κ1) is 21.6. The van der Waals surface area contributed by atoms with Crippen LogP contribution >= 0.6 is 0 Å². The number of ether oxygens (including phenoxy) is 4. The number of methoxy groups -OCH3 is 2. The Hall–Kier alpha value is -4.27. The Bertz CT molecular complexity index is 1460. The summed E-state index contributed by atoms with van der Waals surface area (Å²) in [5, 5.41) is 30.4. The first-order valence-electron chi connectivity index (χ1n) is 10.6. The molecule has 5 rings (SSSR count). The van der Waals surface area contributed by atoms with Crippen molar-refractivity contribution in [3.63, 3.8) is 0 Å². The molecule has 0 saturated carbocycles. The maximum absolute atomic E-state index is 13.1.